The SMILES string of the molecule is Cc1cc2c(cc1Nc1ncnc3[nH]cc(C(=O)N(C)C)c13)C=NC2.Cc1cc2c(cc1Nc1ncnc3[nH]cc(C(=O)O)c13)C=NC2. The lowest BCUT2D eigenvalue weighted by Gasteiger charge is -2.13. The number of hydrogen-bond acceptors (Lipinski definition) is 10. The fourth-order valence-electron chi connectivity index (χ4n) is 5.79. The summed E-state index contributed by atoms with van der Waals surface area (Å²) in [6.45, 7) is 5.47. The molecule has 14 nitrogen and oxygen atoms in total. The predicted molar refractivity (Wildman–Crippen MR) is 184 cm³/mol. The molecule has 0 fully saturated rings. The number of aromatic amines is 2. The number of hydrogen-bond donors (Lipinski definition) is 5. The Morgan fingerprint density at radius 2 is 1.21 bits per heavy atom. The van der Waals surface area contributed by atoms with Crippen LogP contribution in [0.15, 0.2) is 59.3 Å². The third kappa shape index (κ3) is 5.48. The van der Waals surface area contributed by atoms with Crippen LogP contribution in [0.4, 0.5) is 23.0 Å². The molecule has 0 saturated carbocycles. The summed E-state index contributed by atoms with van der Waals surface area (Å²) in [4.78, 5) is 56.7. The molecule has 6 heterocycles. The minimum atomic E-state index is -1.02. The van der Waals surface area contributed by atoms with Gasteiger partial charge in [-0.05, 0) is 59.4 Å². The number of H-pyrrole nitrogens is 2. The molecule has 0 radical (unpaired) electrons. The van der Waals surface area contributed by atoms with Crippen LogP contribution in [0.2, 0.25) is 0 Å². The van der Waals surface area contributed by atoms with E-state index in [0.717, 1.165) is 40.2 Å². The second-order valence-electron chi connectivity index (χ2n) is 11.7. The van der Waals surface area contributed by atoms with Crippen molar-refractivity contribution < 1.29 is 14.7 Å². The highest BCUT2D eigenvalue weighted by molar-refractivity contribution is 6.10. The molecule has 0 saturated heterocycles. The van der Waals surface area contributed by atoms with Crippen LogP contribution in [0, 0.1) is 13.8 Å². The highest BCUT2D eigenvalue weighted by Gasteiger charge is 2.20. The largest absolute Gasteiger partial charge is 0.478 e. The predicted octanol–water partition coefficient (Wildman–Crippen LogP) is 5.28. The number of anilines is 4. The van der Waals surface area contributed by atoms with Gasteiger partial charge in [0, 0.05) is 50.3 Å². The standard InChI is InChI=1S/C18H18N6O.C16H13N5O2/c1-10-4-11-6-19-7-12(11)5-14(10)23-17-15-13(18(25)24(2)3)8-20-16(15)21-9-22-17;1-8-2-9-4-17-5-10(9)3-12(8)21-15-13-11(16(22)23)6-18-14(13)19-7-20-15/h4-5,7-9H,6H2,1-3H3,(H2,20,21,22,23);2-3,5-7H,4H2,1H3,(H,22,23)(H2,18,19,20,21). The summed E-state index contributed by atoms with van der Waals surface area (Å²) >= 11 is 0. The number of carboxylic acid groups (broad SMARTS) is 1. The van der Waals surface area contributed by atoms with E-state index in [2.05, 4.69) is 68.7 Å². The second-order valence-corrected chi connectivity index (χ2v) is 11.7. The van der Waals surface area contributed by atoms with Crippen molar-refractivity contribution in [2.45, 2.75) is 26.9 Å². The van der Waals surface area contributed by atoms with E-state index in [0.29, 0.717) is 45.8 Å². The molecule has 8 rings (SSSR count). The van der Waals surface area contributed by atoms with Crippen molar-refractivity contribution in [1.82, 2.24) is 34.8 Å². The van der Waals surface area contributed by atoms with Gasteiger partial charge in [-0.15, -0.1) is 0 Å². The third-order valence-electron chi connectivity index (χ3n) is 8.27. The Hall–Kier alpha value is -6.44. The Labute approximate surface area is 274 Å². The van der Waals surface area contributed by atoms with Crippen LogP contribution in [-0.4, -0.2) is 78.3 Å². The van der Waals surface area contributed by atoms with Crippen molar-refractivity contribution in [2.24, 2.45) is 9.98 Å². The first-order chi connectivity index (χ1) is 23.2. The highest BCUT2D eigenvalue weighted by Crippen LogP contribution is 2.32. The van der Waals surface area contributed by atoms with Gasteiger partial charge in [-0.2, -0.15) is 0 Å². The summed E-state index contributed by atoms with van der Waals surface area (Å²) in [5.74, 6) is -0.0464. The Balaban J connectivity index is 0.000000152. The second kappa shape index (κ2) is 12.1. The lowest BCUT2D eigenvalue weighted by molar-refractivity contribution is 0.0698. The maximum atomic E-state index is 12.4. The van der Waals surface area contributed by atoms with Gasteiger partial charge >= 0.3 is 5.97 Å². The van der Waals surface area contributed by atoms with Crippen LogP contribution >= 0.6 is 0 Å². The number of aromatic carboxylic acids is 1. The third-order valence-corrected chi connectivity index (χ3v) is 8.27. The van der Waals surface area contributed by atoms with Gasteiger partial charge in [-0.1, -0.05) is 12.1 Å². The normalized spacial score (nSPS) is 12.5. The first-order valence-corrected chi connectivity index (χ1v) is 15.1. The van der Waals surface area contributed by atoms with E-state index in [1.165, 1.54) is 34.9 Å². The van der Waals surface area contributed by atoms with Crippen LogP contribution in [0.1, 0.15) is 54.1 Å². The van der Waals surface area contributed by atoms with Crippen LogP contribution < -0.4 is 10.6 Å². The smallest absolute Gasteiger partial charge is 0.338 e. The number of aromatic nitrogens is 6. The zero-order valence-corrected chi connectivity index (χ0v) is 26.6. The van der Waals surface area contributed by atoms with Crippen molar-refractivity contribution >= 4 is 69.4 Å². The lowest BCUT2D eigenvalue weighted by atomic mass is 10.0. The van der Waals surface area contributed by atoms with E-state index in [1.54, 1.807) is 20.3 Å². The van der Waals surface area contributed by atoms with Crippen LogP contribution in [0.25, 0.3) is 22.1 Å². The van der Waals surface area contributed by atoms with Gasteiger partial charge in [0.2, 0.25) is 0 Å². The van der Waals surface area contributed by atoms with E-state index in [9.17, 15) is 14.7 Å². The zero-order chi connectivity index (χ0) is 33.5. The molecule has 2 aromatic carbocycles. The van der Waals surface area contributed by atoms with Gasteiger partial charge in [0.15, 0.2) is 0 Å². The molecule has 240 valence electrons. The van der Waals surface area contributed by atoms with E-state index in [1.807, 2.05) is 32.3 Å². The van der Waals surface area contributed by atoms with Gasteiger partial charge in [-0.25, -0.2) is 24.7 Å². The van der Waals surface area contributed by atoms with E-state index < -0.39 is 5.97 Å². The van der Waals surface area contributed by atoms with Crippen LogP contribution in [0.5, 0.6) is 0 Å². The first-order valence-electron chi connectivity index (χ1n) is 15.1. The van der Waals surface area contributed by atoms with Crippen molar-refractivity contribution in [3.05, 3.63) is 93.8 Å². The molecule has 5 N–H and O–H groups in total. The average molecular weight is 642 g/mol. The van der Waals surface area contributed by atoms with Crippen molar-refractivity contribution in [2.75, 3.05) is 24.7 Å². The fourth-order valence-corrected chi connectivity index (χ4v) is 5.79. The average Bonchev–Trinajstić information content (AvgIpc) is 3.88. The number of nitrogens with one attached hydrogen (secondary N) is 4. The molecule has 0 aliphatic carbocycles. The molecule has 0 atom stereocenters. The molecule has 1 amide bonds. The fraction of sp³-hybridized carbons (Fsp3) is 0.176. The Kier molecular flexibility index (Phi) is 7.59. The van der Waals surface area contributed by atoms with Gasteiger partial charge in [0.1, 0.15) is 35.6 Å². The summed E-state index contributed by atoms with van der Waals surface area (Å²) in [6, 6.07) is 8.28. The maximum absolute atomic E-state index is 12.4. The molecule has 0 spiro atoms. The van der Waals surface area contributed by atoms with Gasteiger partial charge in [0.25, 0.3) is 5.91 Å². The number of carboxylic acids is 1. The quantitative estimate of drug-likeness (QED) is 0.161. The van der Waals surface area contributed by atoms with Crippen LogP contribution in [0.3, 0.4) is 0 Å². The van der Waals surface area contributed by atoms with Crippen molar-refractivity contribution in [3.63, 3.8) is 0 Å². The van der Waals surface area contributed by atoms with E-state index in [-0.39, 0.29) is 11.5 Å². The minimum Gasteiger partial charge on any atom is -0.478 e. The number of nitrogens with zero attached hydrogens (tertiary/aromatic N) is 7. The minimum absolute atomic E-state index is 0.0955. The molecule has 4 aromatic heterocycles. The topological polar surface area (TPSA) is 190 Å². The van der Waals surface area contributed by atoms with Crippen molar-refractivity contribution in [3.8, 4) is 0 Å². The maximum Gasteiger partial charge on any atom is 0.338 e. The summed E-state index contributed by atoms with van der Waals surface area (Å²) in [5, 5.41) is 17.1. The summed E-state index contributed by atoms with van der Waals surface area (Å²) in [6.07, 6.45) is 9.71. The molecule has 0 bridgehead atoms. The van der Waals surface area contributed by atoms with Gasteiger partial charge < -0.3 is 30.6 Å². The highest BCUT2D eigenvalue weighted by atomic mass is 16.4. The van der Waals surface area contributed by atoms with Crippen LogP contribution in [-0.2, 0) is 13.1 Å². The number of aliphatic imine (C=N–C) groups is 2. The molecule has 2 aliphatic rings. The number of fused-ring (bicyclic) bond motifs is 4. The number of aryl methyl sites for hydroxylation is 2. The molecular formula is C34H31N11O3. The summed E-state index contributed by atoms with van der Waals surface area (Å²) in [7, 11) is 3.45. The van der Waals surface area contributed by atoms with E-state index in [4.69, 9.17) is 0 Å². The Bertz CT molecular complexity index is 2320. The monoisotopic (exact) mass is 641 g/mol. The molecule has 0 unspecified atom stereocenters. The van der Waals surface area contributed by atoms with Gasteiger partial charge in [-0.3, -0.25) is 14.8 Å². The van der Waals surface area contributed by atoms with Crippen molar-refractivity contribution in [1.29, 1.82) is 0 Å². The number of amides is 1. The number of benzene rings is 2. The number of rotatable bonds is 6. The van der Waals surface area contributed by atoms with E-state index >= 15 is 0 Å². The Morgan fingerprint density at radius 1 is 0.729 bits per heavy atom. The molecule has 2 aliphatic heterocycles. The molecule has 14 heteroatoms. The molecule has 6 aromatic rings. The lowest BCUT2D eigenvalue weighted by Crippen LogP contribution is -2.21. The summed E-state index contributed by atoms with van der Waals surface area (Å²) in [5.41, 5.74) is 10.4. The Morgan fingerprint density at radius 3 is 1.69 bits per heavy atom. The van der Waals surface area contributed by atoms with Gasteiger partial charge in [0.05, 0.1) is 35.0 Å². The molecular weight excluding hydrogens is 610 g/mol. The molecule has 48 heavy (non-hydrogen) atoms. The summed E-state index contributed by atoms with van der Waals surface area (Å²) < 4.78 is 0. The first kappa shape index (κ1) is 30.2. The number of carbonyl (C=O) groups excluding carboxylic acids is 1. The number of carbonyl (C=O) groups is 2. The zero-order valence-electron chi connectivity index (χ0n) is 26.6.